The molecule has 1 aromatic rings. The zero-order chi connectivity index (χ0) is 11.3. The van der Waals surface area contributed by atoms with Crippen LogP contribution in [0.5, 0.6) is 0 Å². The van der Waals surface area contributed by atoms with Gasteiger partial charge in [-0.2, -0.15) is 0 Å². The summed E-state index contributed by atoms with van der Waals surface area (Å²) in [5.74, 6) is -0.0952. The van der Waals surface area contributed by atoms with Gasteiger partial charge in [-0.15, -0.1) is 0 Å². The van der Waals surface area contributed by atoms with Gasteiger partial charge in [0.15, 0.2) is 0 Å². The molecule has 1 aromatic heterocycles. The van der Waals surface area contributed by atoms with Crippen LogP contribution < -0.4 is 11.1 Å². The van der Waals surface area contributed by atoms with E-state index in [-0.39, 0.29) is 11.9 Å². The van der Waals surface area contributed by atoms with E-state index in [4.69, 9.17) is 17.3 Å². The quantitative estimate of drug-likeness (QED) is 0.824. The molecular formula is C10H14ClN3O. The molecule has 0 aliphatic carbocycles. The van der Waals surface area contributed by atoms with E-state index >= 15 is 0 Å². The van der Waals surface area contributed by atoms with Crippen LogP contribution in [0.4, 0.5) is 5.69 Å². The van der Waals surface area contributed by atoms with Crippen LogP contribution in [0.3, 0.4) is 0 Å². The summed E-state index contributed by atoms with van der Waals surface area (Å²) in [6.45, 7) is 1.87. The van der Waals surface area contributed by atoms with E-state index in [0.717, 1.165) is 0 Å². The first kappa shape index (κ1) is 11.9. The van der Waals surface area contributed by atoms with E-state index in [1.165, 1.54) is 6.20 Å². The SMILES string of the molecule is CC(N)CCC(=O)Nc1cnccc1Cl. The van der Waals surface area contributed by atoms with Crippen molar-refractivity contribution >= 4 is 23.2 Å². The predicted octanol–water partition coefficient (Wildman–Crippen LogP) is 1.80. The molecule has 5 heteroatoms. The van der Waals surface area contributed by atoms with Crippen molar-refractivity contribution in [3.8, 4) is 0 Å². The van der Waals surface area contributed by atoms with E-state index in [2.05, 4.69) is 10.3 Å². The van der Waals surface area contributed by atoms with Gasteiger partial charge in [0.1, 0.15) is 0 Å². The van der Waals surface area contributed by atoms with Gasteiger partial charge >= 0.3 is 0 Å². The first-order valence-electron chi connectivity index (χ1n) is 4.74. The fourth-order valence-electron chi connectivity index (χ4n) is 1.04. The third kappa shape index (κ3) is 4.27. The van der Waals surface area contributed by atoms with Crippen LogP contribution in [-0.4, -0.2) is 16.9 Å². The average molecular weight is 228 g/mol. The lowest BCUT2D eigenvalue weighted by atomic mass is 10.2. The molecule has 3 N–H and O–H groups in total. The Morgan fingerprint density at radius 2 is 2.47 bits per heavy atom. The summed E-state index contributed by atoms with van der Waals surface area (Å²) in [6, 6.07) is 1.66. The molecule has 15 heavy (non-hydrogen) atoms. The molecule has 0 aliphatic heterocycles. The maximum absolute atomic E-state index is 11.4. The smallest absolute Gasteiger partial charge is 0.224 e. The van der Waals surface area contributed by atoms with Crippen LogP contribution >= 0.6 is 11.6 Å². The minimum Gasteiger partial charge on any atom is -0.328 e. The van der Waals surface area contributed by atoms with Crippen LogP contribution in [0.1, 0.15) is 19.8 Å². The lowest BCUT2D eigenvalue weighted by molar-refractivity contribution is -0.116. The highest BCUT2D eigenvalue weighted by molar-refractivity contribution is 6.33. The Labute approximate surface area is 93.8 Å². The number of anilines is 1. The monoisotopic (exact) mass is 227 g/mol. The van der Waals surface area contributed by atoms with Gasteiger partial charge in [0.05, 0.1) is 16.9 Å². The maximum atomic E-state index is 11.4. The Morgan fingerprint density at radius 1 is 1.73 bits per heavy atom. The molecule has 1 amide bonds. The second-order valence-electron chi connectivity index (χ2n) is 3.42. The fourth-order valence-corrected chi connectivity index (χ4v) is 1.19. The number of nitrogens with zero attached hydrogens (tertiary/aromatic N) is 1. The van der Waals surface area contributed by atoms with Crippen molar-refractivity contribution in [2.75, 3.05) is 5.32 Å². The van der Waals surface area contributed by atoms with Crippen LogP contribution in [0.25, 0.3) is 0 Å². The number of nitrogens with one attached hydrogen (secondary N) is 1. The number of rotatable bonds is 4. The van der Waals surface area contributed by atoms with Crippen molar-refractivity contribution in [1.82, 2.24) is 4.98 Å². The van der Waals surface area contributed by atoms with Gasteiger partial charge in [0.25, 0.3) is 0 Å². The number of halogens is 1. The van der Waals surface area contributed by atoms with Crippen LogP contribution in [0, 0.1) is 0 Å². The van der Waals surface area contributed by atoms with Crippen molar-refractivity contribution in [1.29, 1.82) is 0 Å². The summed E-state index contributed by atoms with van der Waals surface area (Å²) in [4.78, 5) is 15.3. The van der Waals surface area contributed by atoms with E-state index in [0.29, 0.717) is 23.6 Å². The van der Waals surface area contributed by atoms with Crippen LogP contribution in [-0.2, 0) is 4.79 Å². The van der Waals surface area contributed by atoms with Crippen molar-refractivity contribution in [2.45, 2.75) is 25.8 Å². The number of hydrogen-bond acceptors (Lipinski definition) is 3. The zero-order valence-corrected chi connectivity index (χ0v) is 9.29. The molecule has 1 atom stereocenters. The van der Waals surface area contributed by atoms with Gasteiger partial charge in [-0.1, -0.05) is 11.6 Å². The molecule has 0 radical (unpaired) electrons. The number of carbonyl (C=O) groups excluding carboxylic acids is 1. The largest absolute Gasteiger partial charge is 0.328 e. The summed E-state index contributed by atoms with van der Waals surface area (Å²) < 4.78 is 0. The number of amides is 1. The van der Waals surface area contributed by atoms with E-state index in [1.54, 1.807) is 12.3 Å². The molecule has 0 aliphatic rings. The minimum absolute atomic E-state index is 0.0279. The van der Waals surface area contributed by atoms with Crippen molar-refractivity contribution < 1.29 is 4.79 Å². The summed E-state index contributed by atoms with van der Waals surface area (Å²) in [6.07, 6.45) is 4.14. The Balaban J connectivity index is 2.48. The minimum atomic E-state index is -0.0952. The van der Waals surface area contributed by atoms with Gasteiger partial charge in [-0.3, -0.25) is 9.78 Å². The average Bonchev–Trinajstić information content (AvgIpc) is 2.18. The standard InChI is InChI=1S/C10H14ClN3O/c1-7(12)2-3-10(15)14-9-6-13-5-4-8(9)11/h4-7H,2-3,12H2,1H3,(H,14,15). The highest BCUT2D eigenvalue weighted by Gasteiger charge is 2.06. The predicted molar refractivity (Wildman–Crippen MR) is 60.8 cm³/mol. The van der Waals surface area contributed by atoms with E-state index < -0.39 is 0 Å². The molecular weight excluding hydrogens is 214 g/mol. The summed E-state index contributed by atoms with van der Waals surface area (Å²) in [7, 11) is 0. The normalized spacial score (nSPS) is 12.2. The van der Waals surface area contributed by atoms with Gasteiger partial charge < -0.3 is 11.1 Å². The molecule has 0 saturated carbocycles. The van der Waals surface area contributed by atoms with E-state index in [9.17, 15) is 4.79 Å². The third-order valence-electron chi connectivity index (χ3n) is 1.87. The molecule has 1 rings (SSSR count). The first-order chi connectivity index (χ1) is 7.09. The molecule has 1 heterocycles. The summed E-state index contributed by atoms with van der Waals surface area (Å²) in [5.41, 5.74) is 6.08. The number of carbonyl (C=O) groups is 1. The molecule has 0 aromatic carbocycles. The Kier molecular flexibility index (Phi) is 4.52. The Morgan fingerprint density at radius 3 is 3.07 bits per heavy atom. The van der Waals surface area contributed by atoms with Crippen molar-refractivity contribution in [2.24, 2.45) is 5.73 Å². The molecule has 0 spiro atoms. The number of pyridine rings is 1. The number of nitrogens with two attached hydrogens (primary N) is 1. The second kappa shape index (κ2) is 5.68. The second-order valence-corrected chi connectivity index (χ2v) is 3.83. The molecule has 1 unspecified atom stereocenters. The summed E-state index contributed by atoms with van der Waals surface area (Å²) in [5, 5.41) is 3.16. The molecule has 0 bridgehead atoms. The lowest BCUT2D eigenvalue weighted by Gasteiger charge is -2.07. The molecule has 0 saturated heterocycles. The summed E-state index contributed by atoms with van der Waals surface area (Å²) >= 11 is 5.85. The molecule has 0 fully saturated rings. The number of aromatic nitrogens is 1. The zero-order valence-electron chi connectivity index (χ0n) is 8.53. The maximum Gasteiger partial charge on any atom is 0.224 e. The Hall–Kier alpha value is -1.13. The van der Waals surface area contributed by atoms with Gasteiger partial charge in [-0.25, -0.2) is 0 Å². The van der Waals surface area contributed by atoms with Gasteiger partial charge in [0.2, 0.25) is 5.91 Å². The lowest BCUT2D eigenvalue weighted by Crippen LogP contribution is -2.19. The van der Waals surface area contributed by atoms with Crippen LogP contribution in [0.2, 0.25) is 5.02 Å². The number of hydrogen-bond donors (Lipinski definition) is 2. The highest BCUT2D eigenvalue weighted by atomic mass is 35.5. The topological polar surface area (TPSA) is 68.0 Å². The van der Waals surface area contributed by atoms with Crippen LogP contribution in [0.15, 0.2) is 18.5 Å². The van der Waals surface area contributed by atoms with Crippen molar-refractivity contribution in [3.05, 3.63) is 23.5 Å². The Bertz CT molecular complexity index is 341. The van der Waals surface area contributed by atoms with Crippen molar-refractivity contribution in [3.63, 3.8) is 0 Å². The molecule has 82 valence electrons. The third-order valence-corrected chi connectivity index (χ3v) is 2.20. The first-order valence-corrected chi connectivity index (χ1v) is 5.12. The molecule has 4 nitrogen and oxygen atoms in total. The van der Waals surface area contributed by atoms with Gasteiger partial charge in [-0.05, 0) is 19.4 Å². The fraction of sp³-hybridized carbons (Fsp3) is 0.400. The van der Waals surface area contributed by atoms with Gasteiger partial charge in [0, 0.05) is 18.7 Å². The highest BCUT2D eigenvalue weighted by Crippen LogP contribution is 2.19. The van der Waals surface area contributed by atoms with E-state index in [1.807, 2.05) is 6.92 Å².